The molecule has 0 saturated carbocycles. The summed E-state index contributed by atoms with van der Waals surface area (Å²) in [5.74, 6) is 0. The van der Waals surface area contributed by atoms with Crippen molar-refractivity contribution in [3.63, 3.8) is 0 Å². The van der Waals surface area contributed by atoms with E-state index in [9.17, 15) is 0 Å². The number of aryl methyl sites for hydroxylation is 1. The van der Waals surface area contributed by atoms with E-state index in [4.69, 9.17) is 5.73 Å². The number of hydrogen-bond acceptors (Lipinski definition) is 5. The fourth-order valence-corrected chi connectivity index (χ4v) is 3.70. The quantitative estimate of drug-likeness (QED) is 0.812. The molecule has 19 heavy (non-hydrogen) atoms. The molecular weight excluding hydrogens is 256 g/mol. The van der Waals surface area contributed by atoms with Gasteiger partial charge in [-0.25, -0.2) is 4.98 Å². The summed E-state index contributed by atoms with van der Waals surface area (Å²) in [6, 6.07) is 4.70. The van der Waals surface area contributed by atoms with Crippen molar-refractivity contribution in [3.8, 4) is 0 Å². The first-order valence-electron chi connectivity index (χ1n) is 6.66. The molecule has 102 valence electrons. The number of benzene rings is 1. The smallest absolute Gasteiger partial charge is 0.0907 e. The summed E-state index contributed by atoms with van der Waals surface area (Å²) in [7, 11) is 2.17. The van der Waals surface area contributed by atoms with E-state index in [1.54, 1.807) is 11.3 Å². The molecule has 2 aromatic rings. The average Bonchev–Trinajstić information content (AvgIpc) is 2.68. The van der Waals surface area contributed by atoms with E-state index >= 15 is 0 Å². The van der Waals surface area contributed by atoms with E-state index in [2.05, 4.69) is 40.9 Å². The van der Waals surface area contributed by atoms with Gasteiger partial charge in [0.05, 0.1) is 26.6 Å². The van der Waals surface area contributed by atoms with Gasteiger partial charge in [0.1, 0.15) is 0 Å². The number of nitrogen functional groups attached to an aromatic ring is 1. The third kappa shape index (κ3) is 2.28. The summed E-state index contributed by atoms with van der Waals surface area (Å²) in [4.78, 5) is 9.35. The SMILES string of the molecule is Cc1nc2cc(N3CCN(C)CC3C)c(N)cc2s1. The number of piperazine rings is 1. The molecular formula is C14H20N4S. The van der Waals surface area contributed by atoms with Crippen molar-refractivity contribution in [1.82, 2.24) is 9.88 Å². The molecule has 1 aromatic carbocycles. The lowest BCUT2D eigenvalue weighted by molar-refractivity contribution is 0.276. The zero-order chi connectivity index (χ0) is 13.6. The summed E-state index contributed by atoms with van der Waals surface area (Å²) in [5, 5.41) is 1.10. The molecule has 4 nitrogen and oxygen atoms in total. The zero-order valence-corrected chi connectivity index (χ0v) is 12.5. The van der Waals surface area contributed by atoms with E-state index in [-0.39, 0.29) is 0 Å². The molecule has 0 spiro atoms. The molecule has 1 aromatic heterocycles. The lowest BCUT2D eigenvalue weighted by Crippen LogP contribution is -2.50. The number of aromatic nitrogens is 1. The number of nitrogens with zero attached hydrogens (tertiary/aromatic N) is 3. The van der Waals surface area contributed by atoms with Crippen LogP contribution in [0.25, 0.3) is 10.2 Å². The van der Waals surface area contributed by atoms with Gasteiger partial charge >= 0.3 is 0 Å². The van der Waals surface area contributed by atoms with E-state index in [1.165, 1.54) is 4.70 Å². The Bertz CT molecular complexity index is 607. The largest absolute Gasteiger partial charge is 0.397 e. The first-order valence-corrected chi connectivity index (χ1v) is 7.48. The monoisotopic (exact) mass is 276 g/mol. The molecule has 2 N–H and O–H groups in total. The summed E-state index contributed by atoms with van der Waals surface area (Å²) >= 11 is 1.70. The molecule has 1 aliphatic heterocycles. The van der Waals surface area contributed by atoms with E-state index in [1.807, 2.05) is 6.92 Å². The van der Waals surface area contributed by atoms with E-state index < -0.39 is 0 Å². The summed E-state index contributed by atoms with van der Waals surface area (Å²) in [5.41, 5.74) is 9.32. The van der Waals surface area contributed by atoms with Crippen molar-refractivity contribution in [3.05, 3.63) is 17.1 Å². The highest BCUT2D eigenvalue weighted by Crippen LogP contribution is 2.33. The fraction of sp³-hybridized carbons (Fsp3) is 0.500. The number of likely N-dealkylation sites (N-methyl/N-ethyl adjacent to an activating group) is 1. The Labute approximate surface area is 117 Å². The maximum absolute atomic E-state index is 6.25. The van der Waals surface area contributed by atoms with Crippen LogP contribution in [0.1, 0.15) is 11.9 Å². The second kappa shape index (κ2) is 4.65. The number of rotatable bonds is 1. The van der Waals surface area contributed by atoms with Crippen molar-refractivity contribution in [1.29, 1.82) is 0 Å². The lowest BCUT2D eigenvalue weighted by Gasteiger charge is -2.40. The van der Waals surface area contributed by atoms with Gasteiger partial charge in [0.2, 0.25) is 0 Å². The van der Waals surface area contributed by atoms with Crippen molar-refractivity contribution >= 4 is 32.9 Å². The molecule has 3 rings (SSSR count). The Hall–Kier alpha value is -1.33. The fourth-order valence-electron chi connectivity index (χ4n) is 2.84. The normalized spacial score (nSPS) is 21.2. The van der Waals surface area contributed by atoms with Gasteiger partial charge in [0.25, 0.3) is 0 Å². The van der Waals surface area contributed by atoms with Gasteiger partial charge in [-0.15, -0.1) is 11.3 Å². The average molecular weight is 276 g/mol. The van der Waals surface area contributed by atoms with Gasteiger partial charge in [-0.1, -0.05) is 0 Å². The van der Waals surface area contributed by atoms with Gasteiger partial charge < -0.3 is 15.5 Å². The number of anilines is 2. The molecule has 0 bridgehead atoms. The Morgan fingerprint density at radius 1 is 1.37 bits per heavy atom. The maximum atomic E-state index is 6.25. The predicted molar refractivity (Wildman–Crippen MR) is 83.1 cm³/mol. The van der Waals surface area contributed by atoms with Crippen LogP contribution in [0, 0.1) is 6.92 Å². The minimum atomic E-state index is 0.484. The topological polar surface area (TPSA) is 45.4 Å². The first-order chi connectivity index (χ1) is 9.04. The molecule has 1 fully saturated rings. The van der Waals surface area contributed by atoms with Crippen LogP contribution < -0.4 is 10.6 Å². The van der Waals surface area contributed by atoms with Crippen LogP contribution in [0.3, 0.4) is 0 Å². The molecule has 0 radical (unpaired) electrons. The van der Waals surface area contributed by atoms with Crippen molar-refractivity contribution in [2.24, 2.45) is 0 Å². The van der Waals surface area contributed by atoms with Gasteiger partial charge in [-0.3, -0.25) is 0 Å². The van der Waals surface area contributed by atoms with Crippen molar-refractivity contribution in [2.45, 2.75) is 19.9 Å². The van der Waals surface area contributed by atoms with Gasteiger partial charge in [-0.2, -0.15) is 0 Å². The van der Waals surface area contributed by atoms with Crippen LogP contribution in [0.2, 0.25) is 0 Å². The minimum absolute atomic E-state index is 0.484. The van der Waals surface area contributed by atoms with Crippen molar-refractivity contribution < 1.29 is 0 Å². The third-order valence-corrected chi connectivity index (χ3v) is 4.72. The minimum Gasteiger partial charge on any atom is -0.397 e. The molecule has 0 aliphatic carbocycles. The molecule has 5 heteroatoms. The Kier molecular flexibility index (Phi) is 3.11. The molecule has 1 unspecified atom stereocenters. The standard InChI is InChI=1S/C14H20N4S/c1-9-8-17(3)4-5-18(9)13-7-12-14(6-11(13)15)19-10(2)16-12/h6-7,9H,4-5,8,15H2,1-3H3. The van der Waals surface area contributed by atoms with Crippen LogP contribution in [-0.4, -0.2) is 42.6 Å². The maximum Gasteiger partial charge on any atom is 0.0907 e. The number of hydrogen-bond donors (Lipinski definition) is 1. The highest BCUT2D eigenvalue weighted by Gasteiger charge is 2.23. The third-order valence-electron chi connectivity index (χ3n) is 3.78. The number of thiazole rings is 1. The van der Waals surface area contributed by atoms with Crippen LogP contribution in [0.5, 0.6) is 0 Å². The van der Waals surface area contributed by atoms with Crippen LogP contribution in [0.15, 0.2) is 12.1 Å². The second-order valence-corrected chi connectivity index (χ2v) is 6.65. The Morgan fingerprint density at radius 3 is 2.89 bits per heavy atom. The molecule has 0 amide bonds. The molecule has 1 saturated heterocycles. The van der Waals surface area contributed by atoms with Gasteiger partial charge in [-0.05, 0) is 33.0 Å². The predicted octanol–water partition coefficient (Wildman–Crippen LogP) is 2.33. The van der Waals surface area contributed by atoms with Crippen molar-refractivity contribution in [2.75, 3.05) is 37.3 Å². The first kappa shape index (κ1) is 12.7. The number of fused-ring (bicyclic) bond motifs is 1. The summed E-state index contributed by atoms with van der Waals surface area (Å²) in [6.07, 6.45) is 0. The second-order valence-electron chi connectivity index (χ2n) is 5.42. The van der Waals surface area contributed by atoms with E-state index in [0.29, 0.717) is 6.04 Å². The molecule has 1 aliphatic rings. The van der Waals surface area contributed by atoms with Crippen LogP contribution in [-0.2, 0) is 0 Å². The van der Waals surface area contributed by atoms with Crippen LogP contribution in [0.4, 0.5) is 11.4 Å². The highest BCUT2D eigenvalue weighted by molar-refractivity contribution is 7.18. The van der Waals surface area contributed by atoms with E-state index in [0.717, 1.165) is 41.5 Å². The van der Waals surface area contributed by atoms with Crippen LogP contribution >= 0.6 is 11.3 Å². The van der Waals surface area contributed by atoms with Gasteiger partial charge in [0, 0.05) is 25.7 Å². The molecule has 1 atom stereocenters. The zero-order valence-electron chi connectivity index (χ0n) is 11.7. The number of nitrogens with two attached hydrogens (primary N) is 1. The Morgan fingerprint density at radius 2 is 2.16 bits per heavy atom. The summed E-state index contributed by atoms with van der Waals surface area (Å²) in [6.45, 7) is 7.48. The lowest BCUT2D eigenvalue weighted by atomic mass is 10.1. The highest BCUT2D eigenvalue weighted by atomic mass is 32.1. The van der Waals surface area contributed by atoms with Gasteiger partial charge in [0.15, 0.2) is 0 Å². The molecule has 2 heterocycles. The summed E-state index contributed by atoms with van der Waals surface area (Å²) < 4.78 is 1.18. The Balaban J connectivity index is 2.01.